The van der Waals surface area contributed by atoms with Crippen molar-refractivity contribution >= 4 is 6.47 Å². The van der Waals surface area contributed by atoms with E-state index in [1.165, 1.54) is 32.1 Å². The van der Waals surface area contributed by atoms with Gasteiger partial charge in [-0.3, -0.25) is 4.79 Å². The molecule has 0 aliphatic heterocycles. The van der Waals surface area contributed by atoms with Gasteiger partial charge in [0, 0.05) is 0 Å². The summed E-state index contributed by atoms with van der Waals surface area (Å²) in [4.78, 5) is 9.18. The molecule has 0 amide bonds. The lowest BCUT2D eigenvalue weighted by molar-refractivity contribution is -0.128. The van der Waals surface area contributed by atoms with E-state index in [0.717, 1.165) is 41.4 Å². The predicted molar refractivity (Wildman–Crippen MR) is 145 cm³/mol. The monoisotopic (exact) mass is 474 g/mol. The Morgan fingerprint density at radius 2 is 1.59 bits per heavy atom. The fraction of sp³-hybridized carbons (Fsp3) is 0.969. The normalized spacial score (nSPS) is 40.3. The Morgan fingerprint density at radius 3 is 2.21 bits per heavy atom. The molecule has 0 N–H and O–H groups in total. The van der Waals surface area contributed by atoms with E-state index in [4.69, 9.17) is 0 Å². The van der Waals surface area contributed by atoms with Crippen molar-refractivity contribution in [2.24, 2.45) is 57.7 Å². The van der Waals surface area contributed by atoms with E-state index >= 15 is 0 Å². The molecule has 4 aliphatic rings. The molecule has 4 fully saturated rings. The van der Waals surface area contributed by atoms with Gasteiger partial charge in [-0.05, 0) is 129 Å². The highest BCUT2D eigenvalue weighted by Crippen LogP contribution is 2.68. The highest BCUT2D eigenvalue weighted by molar-refractivity contribution is 5.36. The third-order valence-electron chi connectivity index (χ3n) is 11.4. The van der Waals surface area contributed by atoms with Gasteiger partial charge in [-0.1, -0.05) is 61.3 Å². The van der Waals surface area contributed by atoms with Crippen molar-refractivity contribution in [3.8, 4) is 0 Å². The molecule has 8 atom stereocenters. The van der Waals surface area contributed by atoms with Crippen molar-refractivity contribution in [3.05, 3.63) is 0 Å². The summed E-state index contributed by atoms with van der Waals surface area (Å²) >= 11 is 0. The van der Waals surface area contributed by atoms with Crippen LogP contribution in [0.5, 0.6) is 0 Å². The van der Waals surface area contributed by atoms with Crippen LogP contribution >= 0.6 is 0 Å². The molecule has 4 aliphatic carbocycles. The molecule has 2 nitrogen and oxygen atoms in total. The Labute approximate surface area is 212 Å². The first-order chi connectivity index (χ1) is 16.0. The molecule has 0 saturated heterocycles. The second-order valence-corrected chi connectivity index (χ2v) is 14.6. The second kappa shape index (κ2) is 11.2. The smallest absolute Gasteiger partial charge is 0.293 e. The van der Waals surface area contributed by atoms with E-state index in [-0.39, 0.29) is 0 Å². The van der Waals surface area contributed by atoms with Gasteiger partial charge in [0.1, 0.15) is 0 Å². The zero-order valence-corrected chi connectivity index (χ0v) is 24.1. The maximum Gasteiger partial charge on any atom is 0.293 e. The number of ether oxygens (including phenoxy) is 1. The van der Waals surface area contributed by atoms with E-state index in [1.54, 1.807) is 51.9 Å². The maximum absolute atomic E-state index is 9.18. The lowest BCUT2D eigenvalue weighted by Crippen LogP contribution is -2.53. The summed E-state index contributed by atoms with van der Waals surface area (Å²) in [5.74, 6) is 6.94. The summed E-state index contributed by atoms with van der Waals surface area (Å²) in [6.45, 7) is 20.7. The quantitative estimate of drug-likeness (QED) is 0.343. The fourth-order valence-corrected chi connectivity index (χ4v) is 10.5. The largest absolute Gasteiger partial charge is 0.468 e. The Kier molecular flexibility index (Phi) is 9.28. The molecule has 0 aromatic carbocycles. The molecular weight excluding hydrogens is 416 g/mol. The summed E-state index contributed by atoms with van der Waals surface area (Å²) in [5.41, 5.74) is 1.85. The molecule has 0 spiro atoms. The highest BCUT2D eigenvalue weighted by Gasteiger charge is 2.60. The Balaban J connectivity index is 0.000000588. The minimum atomic E-state index is 0.431. The summed E-state index contributed by atoms with van der Waals surface area (Å²) in [6, 6.07) is 0. The SMILES string of the molecule is CC(C)CC(C)(C)CC(C)C1CCC2C3CCC4CCCCC4(C)C3CCC12C.CCOC=O. The number of carbonyl (C=O) groups is 1. The molecule has 4 rings (SSSR count). The van der Waals surface area contributed by atoms with Gasteiger partial charge in [-0.2, -0.15) is 0 Å². The van der Waals surface area contributed by atoms with Gasteiger partial charge in [-0.25, -0.2) is 0 Å². The van der Waals surface area contributed by atoms with Crippen LogP contribution in [0.1, 0.15) is 132 Å². The molecule has 8 unspecified atom stereocenters. The minimum absolute atomic E-state index is 0.431. The van der Waals surface area contributed by atoms with E-state index in [9.17, 15) is 4.79 Å². The Bertz CT molecular complexity index is 653. The minimum Gasteiger partial charge on any atom is -0.468 e. The molecule has 0 radical (unpaired) electrons. The lowest BCUT2D eigenvalue weighted by atomic mass is 9.44. The van der Waals surface area contributed by atoms with Crippen molar-refractivity contribution < 1.29 is 9.53 Å². The van der Waals surface area contributed by atoms with Gasteiger partial charge in [-0.15, -0.1) is 0 Å². The standard InChI is InChI=1S/C29H52.C3H6O2/c1-20(2)18-27(4,5)19-21(3)24-13-14-25-23-12-11-22-10-8-9-16-28(22,6)26(23)15-17-29(24,25)7;1-2-5-3-4/h20-26H,8-19H2,1-7H3;3H,2H2,1H3. The molecule has 0 aromatic rings. The van der Waals surface area contributed by atoms with Gasteiger partial charge >= 0.3 is 0 Å². The van der Waals surface area contributed by atoms with Crippen molar-refractivity contribution in [2.45, 2.75) is 132 Å². The van der Waals surface area contributed by atoms with Crippen molar-refractivity contribution in [1.29, 1.82) is 0 Å². The number of hydrogen-bond acceptors (Lipinski definition) is 2. The second-order valence-electron chi connectivity index (χ2n) is 14.6. The van der Waals surface area contributed by atoms with Crippen LogP contribution in [0.3, 0.4) is 0 Å². The first kappa shape index (κ1) is 28.0. The zero-order valence-electron chi connectivity index (χ0n) is 24.1. The average molecular weight is 475 g/mol. The molecule has 2 heteroatoms. The summed E-state index contributed by atoms with van der Waals surface area (Å²) in [5, 5.41) is 0. The molecule has 198 valence electrons. The van der Waals surface area contributed by atoms with Crippen LogP contribution in [-0.4, -0.2) is 13.1 Å². The van der Waals surface area contributed by atoms with E-state index in [2.05, 4.69) is 53.2 Å². The van der Waals surface area contributed by atoms with Gasteiger partial charge in [0.25, 0.3) is 6.47 Å². The van der Waals surface area contributed by atoms with Crippen molar-refractivity contribution in [3.63, 3.8) is 0 Å². The van der Waals surface area contributed by atoms with Crippen LogP contribution in [0.25, 0.3) is 0 Å². The van der Waals surface area contributed by atoms with Gasteiger partial charge in [0.15, 0.2) is 0 Å². The summed E-state index contributed by atoms with van der Waals surface area (Å²) in [6.07, 6.45) is 18.3. The van der Waals surface area contributed by atoms with E-state index in [1.807, 2.05) is 0 Å². The zero-order chi connectivity index (χ0) is 25.1. The molecule has 0 aromatic heterocycles. The van der Waals surface area contributed by atoms with Gasteiger partial charge in [0.2, 0.25) is 0 Å². The van der Waals surface area contributed by atoms with Crippen LogP contribution in [0.2, 0.25) is 0 Å². The van der Waals surface area contributed by atoms with Gasteiger partial charge in [0.05, 0.1) is 6.61 Å². The van der Waals surface area contributed by atoms with Crippen LogP contribution in [0.4, 0.5) is 0 Å². The highest BCUT2D eigenvalue weighted by atomic mass is 16.5. The molecular formula is C32H58O2. The summed E-state index contributed by atoms with van der Waals surface area (Å²) in [7, 11) is 0. The maximum atomic E-state index is 9.18. The molecule has 4 saturated carbocycles. The Morgan fingerprint density at radius 1 is 0.882 bits per heavy atom. The van der Waals surface area contributed by atoms with Crippen molar-refractivity contribution in [2.75, 3.05) is 6.61 Å². The van der Waals surface area contributed by atoms with E-state index in [0.29, 0.717) is 29.3 Å². The number of hydrogen-bond donors (Lipinski definition) is 0. The lowest BCUT2D eigenvalue weighted by Gasteiger charge is -2.61. The summed E-state index contributed by atoms with van der Waals surface area (Å²) < 4.78 is 4.15. The van der Waals surface area contributed by atoms with Crippen molar-refractivity contribution in [1.82, 2.24) is 0 Å². The number of fused-ring (bicyclic) bond motifs is 5. The van der Waals surface area contributed by atoms with Crippen LogP contribution in [-0.2, 0) is 9.53 Å². The first-order valence-corrected chi connectivity index (χ1v) is 15.0. The van der Waals surface area contributed by atoms with Crippen LogP contribution in [0.15, 0.2) is 0 Å². The first-order valence-electron chi connectivity index (χ1n) is 15.0. The molecule has 0 heterocycles. The predicted octanol–water partition coefficient (Wildman–Crippen LogP) is 9.31. The average Bonchev–Trinajstić information content (AvgIpc) is 3.10. The Hall–Kier alpha value is -0.530. The number of carbonyl (C=O) groups excluding carboxylic acids is 1. The van der Waals surface area contributed by atoms with Crippen LogP contribution in [0, 0.1) is 57.7 Å². The van der Waals surface area contributed by atoms with E-state index < -0.39 is 0 Å². The van der Waals surface area contributed by atoms with Gasteiger partial charge < -0.3 is 4.74 Å². The molecule has 34 heavy (non-hydrogen) atoms. The third-order valence-corrected chi connectivity index (χ3v) is 11.4. The third kappa shape index (κ3) is 5.72. The topological polar surface area (TPSA) is 26.3 Å². The van der Waals surface area contributed by atoms with Crippen LogP contribution < -0.4 is 0 Å². The fourth-order valence-electron chi connectivity index (χ4n) is 10.5. The number of rotatable bonds is 7. The molecule has 0 bridgehead atoms.